The summed E-state index contributed by atoms with van der Waals surface area (Å²) in [5.74, 6) is 0.666. The van der Waals surface area contributed by atoms with E-state index >= 15 is 0 Å². The third-order valence-corrected chi connectivity index (χ3v) is 4.40. The Labute approximate surface area is 160 Å². The van der Waals surface area contributed by atoms with Crippen LogP contribution in [0.2, 0.25) is 5.02 Å². The van der Waals surface area contributed by atoms with Crippen molar-refractivity contribution < 1.29 is 9.32 Å². The number of hydrogen-bond donors (Lipinski definition) is 1. The molecular weight excluding hydrogens is 364 g/mol. The summed E-state index contributed by atoms with van der Waals surface area (Å²) in [6.07, 6.45) is 2.28. The van der Waals surface area contributed by atoms with Crippen LogP contribution in [0, 0.1) is 0 Å². The first-order valence-corrected chi connectivity index (χ1v) is 8.79. The second kappa shape index (κ2) is 7.55. The zero-order valence-electron chi connectivity index (χ0n) is 14.2. The molecule has 4 aromatic rings. The topological polar surface area (TPSA) is 80.9 Å². The van der Waals surface area contributed by atoms with E-state index in [1.54, 1.807) is 12.3 Å². The fraction of sp³-hybridized carbons (Fsp3) is 0.100. The van der Waals surface area contributed by atoms with Gasteiger partial charge in [-0.15, -0.1) is 0 Å². The number of carbonyl (C=O) groups excluding carboxylic acids is 1. The summed E-state index contributed by atoms with van der Waals surface area (Å²) in [6.45, 7) is 0. The summed E-state index contributed by atoms with van der Waals surface area (Å²) in [7, 11) is 0. The van der Waals surface area contributed by atoms with Crippen molar-refractivity contribution in [2.75, 3.05) is 5.32 Å². The molecule has 0 bridgehead atoms. The van der Waals surface area contributed by atoms with E-state index in [1.807, 2.05) is 48.5 Å². The molecule has 1 amide bonds. The SMILES string of the molecule is O=C(CCc1nc(-c2ccccc2Cl)no1)Nc1cccc2ncccc12. The third-order valence-electron chi connectivity index (χ3n) is 4.07. The number of rotatable bonds is 5. The van der Waals surface area contributed by atoms with Crippen molar-refractivity contribution in [2.24, 2.45) is 0 Å². The first kappa shape index (κ1) is 17.2. The standard InChI is InChI=1S/C20H15ClN4O2/c21-15-7-2-1-5-13(15)20-24-19(27-25-20)11-10-18(26)23-17-9-3-8-16-14(17)6-4-12-22-16/h1-9,12H,10-11H2,(H,23,26). The predicted molar refractivity (Wildman–Crippen MR) is 103 cm³/mol. The molecule has 0 fully saturated rings. The molecule has 134 valence electrons. The van der Waals surface area contributed by atoms with Gasteiger partial charge in [0.1, 0.15) is 0 Å². The van der Waals surface area contributed by atoms with Crippen molar-refractivity contribution in [3.05, 3.63) is 71.7 Å². The molecule has 2 aromatic carbocycles. The van der Waals surface area contributed by atoms with Gasteiger partial charge in [-0.3, -0.25) is 9.78 Å². The van der Waals surface area contributed by atoms with Gasteiger partial charge >= 0.3 is 0 Å². The van der Waals surface area contributed by atoms with Gasteiger partial charge in [-0.25, -0.2) is 0 Å². The molecule has 7 heteroatoms. The minimum atomic E-state index is -0.135. The number of hydrogen-bond acceptors (Lipinski definition) is 5. The quantitative estimate of drug-likeness (QED) is 0.552. The molecule has 0 radical (unpaired) electrons. The highest BCUT2D eigenvalue weighted by atomic mass is 35.5. The van der Waals surface area contributed by atoms with Gasteiger partial charge < -0.3 is 9.84 Å². The Kier molecular flexibility index (Phi) is 4.80. The van der Waals surface area contributed by atoms with Crippen LogP contribution < -0.4 is 5.32 Å². The number of carbonyl (C=O) groups is 1. The van der Waals surface area contributed by atoms with E-state index in [1.165, 1.54) is 0 Å². The number of nitrogens with one attached hydrogen (secondary N) is 1. The fourth-order valence-electron chi connectivity index (χ4n) is 2.75. The summed E-state index contributed by atoms with van der Waals surface area (Å²) in [5.41, 5.74) is 2.26. The lowest BCUT2D eigenvalue weighted by molar-refractivity contribution is -0.116. The number of aromatic nitrogens is 3. The van der Waals surface area contributed by atoms with Crippen molar-refractivity contribution in [2.45, 2.75) is 12.8 Å². The van der Waals surface area contributed by atoms with Crippen molar-refractivity contribution in [1.82, 2.24) is 15.1 Å². The molecule has 0 aliphatic rings. The third kappa shape index (κ3) is 3.80. The highest BCUT2D eigenvalue weighted by Gasteiger charge is 2.13. The molecule has 0 atom stereocenters. The molecule has 1 N–H and O–H groups in total. The highest BCUT2D eigenvalue weighted by Crippen LogP contribution is 2.25. The van der Waals surface area contributed by atoms with Gasteiger partial charge in [0, 0.05) is 30.0 Å². The summed E-state index contributed by atoms with van der Waals surface area (Å²) >= 11 is 6.14. The molecule has 2 heterocycles. The molecular formula is C20H15ClN4O2. The average Bonchev–Trinajstić information content (AvgIpc) is 3.16. The summed E-state index contributed by atoms with van der Waals surface area (Å²) < 4.78 is 5.24. The number of fused-ring (bicyclic) bond motifs is 1. The van der Waals surface area contributed by atoms with E-state index in [0.717, 1.165) is 16.6 Å². The maximum absolute atomic E-state index is 12.3. The van der Waals surface area contributed by atoms with Crippen LogP contribution in [0.5, 0.6) is 0 Å². The Bertz CT molecular complexity index is 1100. The molecule has 0 saturated carbocycles. The van der Waals surface area contributed by atoms with Crippen LogP contribution in [0.15, 0.2) is 65.3 Å². The number of anilines is 1. The number of halogens is 1. The van der Waals surface area contributed by atoms with Crippen LogP contribution in [0.4, 0.5) is 5.69 Å². The van der Waals surface area contributed by atoms with Crippen LogP contribution in [-0.4, -0.2) is 21.0 Å². The van der Waals surface area contributed by atoms with Crippen molar-refractivity contribution in [1.29, 1.82) is 0 Å². The van der Waals surface area contributed by atoms with Crippen molar-refractivity contribution in [3.8, 4) is 11.4 Å². The lowest BCUT2D eigenvalue weighted by atomic mass is 10.1. The van der Waals surface area contributed by atoms with Gasteiger partial charge in [0.2, 0.25) is 17.6 Å². The first-order chi connectivity index (χ1) is 13.2. The van der Waals surface area contributed by atoms with E-state index in [2.05, 4.69) is 20.4 Å². The van der Waals surface area contributed by atoms with Crippen LogP contribution in [0.25, 0.3) is 22.3 Å². The molecule has 6 nitrogen and oxygen atoms in total. The Hall–Kier alpha value is -3.25. The number of aryl methyl sites for hydroxylation is 1. The van der Waals surface area contributed by atoms with Crippen molar-refractivity contribution in [3.63, 3.8) is 0 Å². The minimum absolute atomic E-state index is 0.135. The van der Waals surface area contributed by atoms with E-state index in [0.29, 0.717) is 28.7 Å². The first-order valence-electron chi connectivity index (χ1n) is 8.42. The molecule has 0 aliphatic carbocycles. The van der Waals surface area contributed by atoms with Gasteiger partial charge in [-0.2, -0.15) is 4.98 Å². The lowest BCUT2D eigenvalue weighted by Gasteiger charge is -2.07. The average molecular weight is 379 g/mol. The van der Waals surface area contributed by atoms with Crippen LogP contribution >= 0.6 is 11.6 Å². The molecule has 4 rings (SSSR count). The van der Waals surface area contributed by atoms with E-state index in [-0.39, 0.29) is 12.3 Å². The van der Waals surface area contributed by atoms with Gasteiger partial charge in [-0.05, 0) is 36.4 Å². The monoisotopic (exact) mass is 378 g/mol. The van der Waals surface area contributed by atoms with Gasteiger partial charge in [-0.1, -0.05) is 35.0 Å². The van der Waals surface area contributed by atoms with Gasteiger partial charge in [0.25, 0.3) is 0 Å². The van der Waals surface area contributed by atoms with E-state index in [4.69, 9.17) is 16.1 Å². The summed E-state index contributed by atoms with van der Waals surface area (Å²) in [5, 5.41) is 8.30. The lowest BCUT2D eigenvalue weighted by Crippen LogP contribution is -2.12. The Morgan fingerprint density at radius 3 is 2.85 bits per heavy atom. The van der Waals surface area contributed by atoms with Crippen LogP contribution in [0.1, 0.15) is 12.3 Å². The van der Waals surface area contributed by atoms with Crippen LogP contribution in [0.3, 0.4) is 0 Å². The summed E-state index contributed by atoms with van der Waals surface area (Å²) in [6, 6.07) is 16.6. The molecule has 2 aromatic heterocycles. The normalized spacial score (nSPS) is 10.9. The van der Waals surface area contributed by atoms with Crippen molar-refractivity contribution >= 4 is 34.1 Å². The maximum atomic E-state index is 12.3. The zero-order chi connectivity index (χ0) is 18.6. The van der Waals surface area contributed by atoms with E-state index in [9.17, 15) is 4.79 Å². The molecule has 0 spiro atoms. The number of pyridine rings is 1. The number of nitrogens with zero attached hydrogens (tertiary/aromatic N) is 3. The van der Waals surface area contributed by atoms with Gasteiger partial charge in [0.05, 0.1) is 16.2 Å². The predicted octanol–water partition coefficient (Wildman–Crippen LogP) is 4.51. The fourth-order valence-corrected chi connectivity index (χ4v) is 2.97. The Morgan fingerprint density at radius 2 is 1.96 bits per heavy atom. The maximum Gasteiger partial charge on any atom is 0.227 e. The second-order valence-electron chi connectivity index (χ2n) is 5.92. The Balaban J connectivity index is 1.42. The molecule has 27 heavy (non-hydrogen) atoms. The summed E-state index contributed by atoms with van der Waals surface area (Å²) in [4.78, 5) is 20.9. The smallest absolute Gasteiger partial charge is 0.227 e. The number of amides is 1. The largest absolute Gasteiger partial charge is 0.339 e. The molecule has 0 aliphatic heterocycles. The zero-order valence-corrected chi connectivity index (χ0v) is 15.0. The Morgan fingerprint density at radius 1 is 1.07 bits per heavy atom. The highest BCUT2D eigenvalue weighted by molar-refractivity contribution is 6.33. The minimum Gasteiger partial charge on any atom is -0.339 e. The number of benzene rings is 2. The van der Waals surface area contributed by atoms with Crippen LogP contribution in [-0.2, 0) is 11.2 Å². The molecule has 0 saturated heterocycles. The molecule has 0 unspecified atom stereocenters. The van der Waals surface area contributed by atoms with E-state index < -0.39 is 0 Å². The second-order valence-corrected chi connectivity index (χ2v) is 6.32. The van der Waals surface area contributed by atoms with Gasteiger partial charge in [0.15, 0.2) is 0 Å².